The Morgan fingerprint density at radius 3 is 2.20 bits per heavy atom. The number of pyridine rings is 1. The van der Waals surface area contributed by atoms with Crippen molar-refractivity contribution in [3.63, 3.8) is 0 Å². The van der Waals surface area contributed by atoms with Gasteiger partial charge in [-0.3, -0.25) is 4.79 Å². The Hall–Kier alpha value is -2.07. The number of benzene rings is 2. The van der Waals surface area contributed by atoms with Gasteiger partial charge in [-0.2, -0.15) is 0 Å². The van der Waals surface area contributed by atoms with E-state index in [2.05, 4.69) is 5.32 Å². The van der Waals surface area contributed by atoms with Crippen LogP contribution in [0.4, 0.5) is 0 Å². The molecule has 0 saturated heterocycles. The Kier molecular flexibility index (Phi) is 6.62. The first-order valence-electron chi connectivity index (χ1n) is 10.0. The van der Waals surface area contributed by atoms with Gasteiger partial charge in [0.25, 0.3) is 5.91 Å². The predicted molar refractivity (Wildman–Crippen MR) is 124 cm³/mol. The van der Waals surface area contributed by atoms with Gasteiger partial charge in [0.1, 0.15) is 5.69 Å². The monoisotopic (exact) mass is 458 g/mol. The van der Waals surface area contributed by atoms with Crippen LogP contribution in [0.3, 0.4) is 0 Å². The summed E-state index contributed by atoms with van der Waals surface area (Å²) in [4.78, 5) is 17.6. The van der Waals surface area contributed by atoms with Gasteiger partial charge in [-0.15, -0.1) is 0 Å². The quantitative estimate of drug-likeness (QED) is 0.440. The molecule has 1 amide bonds. The molecule has 30 heavy (non-hydrogen) atoms. The summed E-state index contributed by atoms with van der Waals surface area (Å²) in [5.74, 6) is -0.157. The van der Waals surface area contributed by atoms with E-state index in [0.717, 1.165) is 42.4 Å². The highest BCUT2D eigenvalue weighted by molar-refractivity contribution is 6.36. The summed E-state index contributed by atoms with van der Waals surface area (Å²) in [6.45, 7) is 0. The Morgan fingerprint density at radius 2 is 1.50 bits per heavy atom. The van der Waals surface area contributed by atoms with Crippen LogP contribution in [0.25, 0.3) is 22.4 Å². The van der Waals surface area contributed by atoms with Gasteiger partial charge in [-0.1, -0.05) is 66.2 Å². The molecule has 6 heteroatoms. The second-order valence-electron chi connectivity index (χ2n) is 7.53. The van der Waals surface area contributed by atoms with E-state index < -0.39 is 0 Å². The number of nitrogens with one attached hydrogen (secondary N) is 1. The fourth-order valence-electron chi connectivity index (χ4n) is 3.84. The maximum absolute atomic E-state index is 12.9. The number of hydrogen-bond donors (Lipinski definition) is 1. The van der Waals surface area contributed by atoms with Crippen LogP contribution in [0.2, 0.25) is 15.1 Å². The average Bonchev–Trinajstić information content (AvgIpc) is 2.75. The molecule has 0 spiro atoms. The largest absolute Gasteiger partial charge is 0.348 e. The molecule has 4 rings (SSSR count). The lowest BCUT2D eigenvalue weighted by Gasteiger charge is -2.22. The highest BCUT2D eigenvalue weighted by atomic mass is 35.5. The molecule has 3 nitrogen and oxygen atoms in total. The molecule has 0 aliphatic heterocycles. The third-order valence-electron chi connectivity index (χ3n) is 5.41. The van der Waals surface area contributed by atoms with Crippen LogP contribution in [0.5, 0.6) is 0 Å². The maximum atomic E-state index is 12.9. The van der Waals surface area contributed by atoms with Crippen molar-refractivity contribution in [1.29, 1.82) is 0 Å². The number of amides is 1. The van der Waals surface area contributed by atoms with Crippen LogP contribution in [0.15, 0.2) is 54.6 Å². The Balaban J connectivity index is 1.75. The van der Waals surface area contributed by atoms with Crippen LogP contribution >= 0.6 is 34.8 Å². The fraction of sp³-hybridized carbons (Fsp3) is 0.250. The number of halogens is 3. The molecule has 1 saturated carbocycles. The van der Waals surface area contributed by atoms with Crippen molar-refractivity contribution in [2.24, 2.45) is 0 Å². The van der Waals surface area contributed by atoms with E-state index in [9.17, 15) is 4.79 Å². The Morgan fingerprint density at radius 1 is 0.833 bits per heavy atom. The van der Waals surface area contributed by atoms with Crippen molar-refractivity contribution >= 4 is 40.7 Å². The average molecular weight is 460 g/mol. The zero-order chi connectivity index (χ0) is 21.1. The van der Waals surface area contributed by atoms with E-state index in [1.807, 2.05) is 36.4 Å². The summed E-state index contributed by atoms with van der Waals surface area (Å²) < 4.78 is 0. The van der Waals surface area contributed by atoms with E-state index in [-0.39, 0.29) is 11.9 Å². The van der Waals surface area contributed by atoms with Gasteiger partial charge in [0.05, 0.1) is 10.7 Å². The number of rotatable bonds is 4. The second-order valence-corrected chi connectivity index (χ2v) is 8.81. The summed E-state index contributed by atoms with van der Waals surface area (Å²) in [6, 6.07) is 16.7. The van der Waals surface area contributed by atoms with E-state index in [1.54, 1.807) is 18.2 Å². The predicted octanol–water partition coefficient (Wildman–Crippen LogP) is 7.44. The van der Waals surface area contributed by atoms with E-state index in [1.165, 1.54) is 6.42 Å². The first kappa shape index (κ1) is 21.2. The van der Waals surface area contributed by atoms with Crippen molar-refractivity contribution in [3.8, 4) is 22.4 Å². The molecule has 1 aliphatic rings. The Bertz CT molecular complexity index is 1060. The van der Waals surface area contributed by atoms with Gasteiger partial charge in [0.2, 0.25) is 0 Å². The molecule has 0 radical (unpaired) electrons. The molecule has 1 aliphatic carbocycles. The molecule has 1 fully saturated rings. The van der Waals surface area contributed by atoms with Crippen LogP contribution in [0.1, 0.15) is 42.6 Å². The van der Waals surface area contributed by atoms with Crippen LogP contribution in [-0.4, -0.2) is 16.9 Å². The zero-order valence-electron chi connectivity index (χ0n) is 16.3. The van der Waals surface area contributed by atoms with Gasteiger partial charge in [-0.05, 0) is 60.9 Å². The molecule has 1 heterocycles. The number of carbonyl (C=O) groups is 1. The van der Waals surface area contributed by atoms with E-state index in [4.69, 9.17) is 39.8 Å². The van der Waals surface area contributed by atoms with Gasteiger partial charge >= 0.3 is 0 Å². The summed E-state index contributed by atoms with van der Waals surface area (Å²) in [5.41, 5.74) is 3.53. The first-order chi connectivity index (χ1) is 14.5. The summed E-state index contributed by atoms with van der Waals surface area (Å²) >= 11 is 18.6. The van der Waals surface area contributed by atoms with Crippen molar-refractivity contribution in [2.45, 2.75) is 38.1 Å². The van der Waals surface area contributed by atoms with Gasteiger partial charge < -0.3 is 5.32 Å². The maximum Gasteiger partial charge on any atom is 0.270 e. The minimum Gasteiger partial charge on any atom is -0.348 e. The normalized spacial score (nSPS) is 14.5. The lowest BCUT2D eigenvalue weighted by Crippen LogP contribution is -2.36. The molecule has 3 aromatic rings. The lowest BCUT2D eigenvalue weighted by atomic mass is 9.95. The van der Waals surface area contributed by atoms with E-state index >= 15 is 0 Å². The van der Waals surface area contributed by atoms with Crippen molar-refractivity contribution in [2.75, 3.05) is 0 Å². The molecule has 2 aromatic carbocycles. The van der Waals surface area contributed by atoms with Gasteiger partial charge in [0.15, 0.2) is 0 Å². The molecular formula is C24H21Cl3N2O. The SMILES string of the molecule is O=C(NC1CCCCC1)c1ccc(-c2ccc(Cl)cc2)c(-c2ccc(Cl)cc2Cl)n1. The molecule has 1 aromatic heterocycles. The summed E-state index contributed by atoms with van der Waals surface area (Å²) in [5, 5.41) is 4.81. The van der Waals surface area contributed by atoms with Crippen molar-refractivity contribution < 1.29 is 4.79 Å². The van der Waals surface area contributed by atoms with Crippen LogP contribution in [-0.2, 0) is 0 Å². The molecule has 1 N–H and O–H groups in total. The first-order valence-corrected chi connectivity index (χ1v) is 11.2. The Labute approximate surface area is 191 Å². The molecule has 0 bridgehead atoms. The highest BCUT2D eigenvalue weighted by Gasteiger charge is 2.20. The molecular weight excluding hydrogens is 439 g/mol. The molecule has 154 valence electrons. The van der Waals surface area contributed by atoms with Gasteiger partial charge in [-0.25, -0.2) is 4.98 Å². The zero-order valence-corrected chi connectivity index (χ0v) is 18.6. The smallest absolute Gasteiger partial charge is 0.270 e. The molecule has 0 unspecified atom stereocenters. The van der Waals surface area contributed by atoms with Crippen molar-refractivity contribution in [3.05, 3.63) is 75.4 Å². The topological polar surface area (TPSA) is 42.0 Å². The summed E-state index contributed by atoms with van der Waals surface area (Å²) in [7, 11) is 0. The minimum atomic E-state index is -0.157. The lowest BCUT2D eigenvalue weighted by molar-refractivity contribution is 0.0923. The second kappa shape index (κ2) is 9.38. The third-order valence-corrected chi connectivity index (χ3v) is 6.21. The van der Waals surface area contributed by atoms with Crippen LogP contribution < -0.4 is 5.32 Å². The number of carbonyl (C=O) groups excluding carboxylic acids is 1. The van der Waals surface area contributed by atoms with Crippen LogP contribution in [0, 0.1) is 0 Å². The number of nitrogens with zero attached hydrogens (tertiary/aromatic N) is 1. The van der Waals surface area contributed by atoms with Crippen molar-refractivity contribution in [1.82, 2.24) is 10.3 Å². The number of hydrogen-bond acceptors (Lipinski definition) is 2. The number of aromatic nitrogens is 1. The van der Waals surface area contributed by atoms with E-state index in [0.29, 0.717) is 26.5 Å². The minimum absolute atomic E-state index is 0.157. The summed E-state index contributed by atoms with van der Waals surface area (Å²) in [6.07, 6.45) is 5.58. The molecule has 0 atom stereocenters. The highest BCUT2D eigenvalue weighted by Crippen LogP contribution is 2.36. The standard InChI is InChI=1S/C24H21Cl3N2O/c25-16-8-6-15(7-9-16)19-12-13-22(24(30)28-18-4-2-1-3-5-18)29-23(19)20-11-10-17(26)14-21(20)27/h6-14,18H,1-5H2,(H,28,30). The fourth-order valence-corrected chi connectivity index (χ4v) is 4.47. The third kappa shape index (κ3) is 4.80. The van der Waals surface area contributed by atoms with Gasteiger partial charge in [0, 0.05) is 27.2 Å².